The van der Waals surface area contributed by atoms with E-state index in [0.29, 0.717) is 6.42 Å². The molecule has 1 amide bonds. The third-order valence-corrected chi connectivity index (χ3v) is 2.37. The zero-order valence-electron chi connectivity index (χ0n) is 8.77. The van der Waals surface area contributed by atoms with Gasteiger partial charge in [-0.3, -0.25) is 9.59 Å². The van der Waals surface area contributed by atoms with Crippen LogP contribution in [0.25, 0.3) is 0 Å². The summed E-state index contributed by atoms with van der Waals surface area (Å²) in [5, 5.41) is 0. The van der Waals surface area contributed by atoms with E-state index in [1.807, 2.05) is 30.3 Å². The fourth-order valence-electron chi connectivity index (χ4n) is 1.58. The number of primary amides is 1. The van der Waals surface area contributed by atoms with Gasteiger partial charge < -0.3 is 5.73 Å². The standard InChI is InChI=1S/C12H15NO2/c1-9(14)11(7-8-12(13)15)10-5-3-2-4-6-10/h2-6,11H,7-8H2,1H3,(H2,13,15)/t11-/m1/s1. The second-order valence-electron chi connectivity index (χ2n) is 3.58. The van der Waals surface area contributed by atoms with Crippen LogP contribution in [-0.4, -0.2) is 11.7 Å². The maximum atomic E-state index is 11.4. The van der Waals surface area contributed by atoms with Gasteiger partial charge in [0.25, 0.3) is 0 Å². The number of hydrogen-bond acceptors (Lipinski definition) is 2. The number of Topliss-reactive ketones (excluding diaryl/α,β-unsaturated/α-hetero) is 1. The zero-order valence-corrected chi connectivity index (χ0v) is 8.77. The Balaban J connectivity index is 2.75. The summed E-state index contributed by atoms with van der Waals surface area (Å²) in [5.41, 5.74) is 6.02. The Morgan fingerprint density at radius 3 is 2.33 bits per heavy atom. The summed E-state index contributed by atoms with van der Waals surface area (Å²) >= 11 is 0. The van der Waals surface area contributed by atoms with Gasteiger partial charge in [0.2, 0.25) is 5.91 Å². The highest BCUT2D eigenvalue weighted by Gasteiger charge is 2.16. The maximum Gasteiger partial charge on any atom is 0.217 e. The van der Waals surface area contributed by atoms with E-state index in [1.54, 1.807) is 6.92 Å². The Morgan fingerprint density at radius 2 is 1.87 bits per heavy atom. The van der Waals surface area contributed by atoms with E-state index >= 15 is 0 Å². The van der Waals surface area contributed by atoms with Crippen LogP contribution >= 0.6 is 0 Å². The summed E-state index contributed by atoms with van der Waals surface area (Å²) < 4.78 is 0. The molecule has 0 bridgehead atoms. The first-order valence-corrected chi connectivity index (χ1v) is 4.95. The molecule has 0 fully saturated rings. The van der Waals surface area contributed by atoms with E-state index in [9.17, 15) is 9.59 Å². The van der Waals surface area contributed by atoms with Gasteiger partial charge in [-0.05, 0) is 18.9 Å². The molecule has 0 saturated heterocycles. The van der Waals surface area contributed by atoms with Crippen molar-refractivity contribution in [2.24, 2.45) is 5.73 Å². The summed E-state index contributed by atoms with van der Waals surface area (Å²) in [6.45, 7) is 1.54. The monoisotopic (exact) mass is 205 g/mol. The van der Waals surface area contributed by atoms with Crippen LogP contribution in [0.4, 0.5) is 0 Å². The first kappa shape index (κ1) is 11.4. The molecule has 3 nitrogen and oxygen atoms in total. The third-order valence-electron chi connectivity index (χ3n) is 2.37. The maximum absolute atomic E-state index is 11.4. The molecule has 0 aliphatic heterocycles. The second-order valence-corrected chi connectivity index (χ2v) is 3.58. The van der Waals surface area contributed by atoms with E-state index in [4.69, 9.17) is 5.73 Å². The first-order valence-electron chi connectivity index (χ1n) is 4.95. The zero-order chi connectivity index (χ0) is 11.3. The lowest BCUT2D eigenvalue weighted by Gasteiger charge is -2.12. The minimum Gasteiger partial charge on any atom is -0.370 e. The molecule has 15 heavy (non-hydrogen) atoms. The molecule has 0 aliphatic rings. The largest absolute Gasteiger partial charge is 0.370 e. The van der Waals surface area contributed by atoms with E-state index in [-0.39, 0.29) is 24.0 Å². The Labute approximate surface area is 89.3 Å². The number of carbonyl (C=O) groups is 2. The van der Waals surface area contributed by atoms with Gasteiger partial charge in [-0.2, -0.15) is 0 Å². The van der Waals surface area contributed by atoms with Crippen LogP contribution in [0.2, 0.25) is 0 Å². The van der Waals surface area contributed by atoms with Crippen LogP contribution in [0.15, 0.2) is 30.3 Å². The average molecular weight is 205 g/mol. The first-order chi connectivity index (χ1) is 7.11. The number of hydrogen-bond donors (Lipinski definition) is 1. The number of rotatable bonds is 5. The lowest BCUT2D eigenvalue weighted by Crippen LogP contribution is -2.15. The van der Waals surface area contributed by atoms with Crippen molar-refractivity contribution in [1.29, 1.82) is 0 Å². The molecule has 80 valence electrons. The second kappa shape index (κ2) is 5.29. The fourth-order valence-corrected chi connectivity index (χ4v) is 1.58. The van der Waals surface area contributed by atoms with Crippen LogP contribution in [0, 0.1) is 0 Å². The molecule has 1 aromatic carbocycles. The molecule has 2 N–H and O–H groups in total. The lowest BCUT2D eigenvalue weighted by molar-refractivity contribution is -0.119. The lowest BCUT2D eigenvalue weighted by atomic mass is 9.91. The SMILES string of the molecule is CC(=O)[C@@H](CCC(N)=O)c1ccccc1. The van der Waals surface area contributed by atoms with E-state index in [0.717, 1.165) is 5.56 Å². The van der Waals surface area contributed by atoms with Gasteiger partial charge in [-0.1, -0.05) is 30.3 Å². The van der Waals surface area contributed by atoms with Gasteiger partial charge in [0, 0.05) is 12.3 Å². The quantitative estimate of drug-likeness (QED) is 0.794. The molecule has 0 aromatic heterocycles. The highest BCUT2D eigenvalue weighted by Crippen LogP contribution is 2.21. The van der Waals surface area contributed by atoms with Crippen LogP contribution in [0.3, 0.4) is 0 Å². The highest BCUT2D eigenvalue weighted by atomic mass is 16.1. The Hall–Kier alpha value is -1.64. The molecule has 0 saturated carbocycles. The molecule has 0 unspecified atom stereocenters. The van der Waals surface area contributed by atoms with E-state index in [2.05, 4.69) is 0 Å². The smallest absolute Gasteiger partial charge is 0.217 e. The Morgan fingerprint density at radius 1 is 1.27 bits per heavy atom. The van der Waals surface area contributed by atoms with Gasteiger partial charge >= 0.3 is 0 Å². The van der Waals surface area contributed by atoms with Crippen LogP contribution in [-0.2, 0) is 9.59 Å². The number of benzene rings is 1. The van der Waals surface area contributed by atoms with Crippen molar-refractivity contribution >= 4 is 11.7 Å². The summed E-state index contributed by atoms with van der Waals surface area (Å²) in [6.07, 6.45) is 0.744. The van der Waals surface area contributed by atoms with Gasteiger partial charge in [0.05, 0.1) is 0 Å². The van der Waals surface area contributed by atoms with Gasteiger partial charge in [0.15, 0.2) is 0 Å². The van der Waals surface area contributed by atoms with Crippen molar-refractivity contribution in [3.63, 3.8) is 0 Å². The van der Waals surface area contributed by atoms with Crippen LogP contribution in [0.1, 0.15) is 31.2 Å². The van der Waals surface area contributed by atoms with Gasteiger partial charge in [-0.15, -0.1) is 0 Å². The molecule has 3 heteroatoms. The van der Waals surface area contributed by atoms with Crippen LogP contribution < -0.4 is 5.73 Å². The summed E-state index contributed by atoms with van der Waals surface area (Å²) in [6, 6.07) is 9.46. The molecule has 1 atom stereocenters. The summed E-state index contributed by atoms with van der Waals surface area (Å²) in [5.74, 6) is -0.502. The van der Waals surface area contributed by atoms with Gasteiger partial charge in [0.1, 0.15) is 5.78 Å². The van der Waals surface area contributed by atoms with Crippen molar-refractivity contribution in [2.45, 2.75) is 25.7 Å². The average Bonchev–Trinajstić information content (AvgIpc) is 2.18. The topological polar surface area (TPSA) is 60.2 Å². The number of nitrogens with two attached hydrogens (primary N) is 1. The predicted octanol–water partition coefficient (Wildman–Crippen LogP) is 1.62. The number of ketones is 1. The molecular weight excluding hydrogens is 190 g/mol. The van der Waals surface area contributed by atoms with Crippen LogP contribution in [0.5, 0.6) is 0 Å². The molecule has 0 heterocycles. The molecule has 0 radical (unpaired) electrons. The minimum atomic E-state index is -0.364. The van der Waals surface area contributed by atoms with Crippen molar-refractivity contribution in [3.8, 4) is 0 Å². The predicted molar refractivity (Wildman–Crippen MR) is 58.3 cm³/mol. The molecule has 1 rings (SSSR count). The van der Waals surface area contributed by atoms with E-state index < -0.39 is 0 Å². The Bertz CT molecular complexity index is 346. The Kier molecular flexibility index (Phi) is 4.03. The van der Waals surface area contributed by atoms with Crippen molar-refractivity contribution in [1.82, 2.24) is 0 Å². The van der Waals surface area contributed by atoms with Gasteiger partial charge in [-0.25, -0.2) is 0 Å². The number of carbonyl (C=O) groups excluding carboxylic acids is 2. The summed E-state index contributed by atoms with van der Waals surface area (Å²) in [4.78, 5) is 22.1. The van der Waals surface area contributed by atoms with Crippen molar-refractivity contribution in [3.05, 3.63) is 35.9 Å². The van der Waals surface area contributed by atoms with E-state index in [1.165, 1.54) is 0 Å². The minimum absolute atomic E-state index is 0.0717. The molecule has 0 aliphatic carbocycles. The number of amides is 1. The van der Waals surface area contributed by atoms with Crippen molar-refractivity contribution < 1.29 is 9.59 Å². The highest BCUT2D eigenvalue weighted by molar-refractivity contribution is 5.84. The summed E-state index contributed by atoms with van der Waals surface area (Å²) in [7, 11) is 0. The molecule has 1 aromatic rings. The fraction of sp³-hybridized carbons (Fsp3) is 0.333. The normalized spacial score (nSPS) is 12.1. The van der Waals surface area contributed by atoms with Crippen molar-refractivity contribution in [2.75, 3.05) is 0 Å². The third kappa shape index (κ3) is 3.54. The molecule has 0 spiro atoms. The molecular formula is C12H15NO2.